The van der Waals surface area contributed by atoms with Crippen molar-refractivity contribution in [3.63, 3.8) is 0 Å². The third-order valence-corrected chi connectivity index (χ3v) is 2.84. The van der Waals surface area contributed by atoms with Crippen LogP contribution in [0.25, 0.3) is 0 Å². The summed E-state index contributed by atoms with van der Waals surface area (Å²) in [5.74, 6) is -0.355. The Bertz CT molecular complexity index is 491. The summed E-state index contributed by atoms with van der Waals surface area (Å²) < 4.78 is 4.97. The smallest absolute Gasteiger partial charge is 0.293 e. The highest BCUT2D eigenvalue weighted by atomic mass is 16.6. The van der Waals surface area contributed by atoms with Crippen LogP contribution >= 0.6 is 0 Å². The molecule has 0 heterocycles. The van der Waals surface area contributed by atoms with Gasteiger partial charge < -0.3 is 15.4 Å². The van der Waals surface area contributed by atoms with Crippen LogP contribution in [0.2, 0.25) is 0 Å². The second-order valence-corrected chi connectivity index (χ2v) is 4.40. The number of methoxy groups -OCH3 is 1. The fourth-order valence-corrected chi connectivity index (χ4v) is 1.72. The van der Waals surface area contributed by atoms with Crippen LogP contribution in [0, 0.1) is 10.1 Å². The van der Waals surface area contributed by atoms with Crippen molar-refractivity contribution in [1.29, 1.82) is 0 Å². The molecule has 0 aliphatic carbocycles. The summed E-state index contributed by atoms with van der Waals surface area (Å²) in [5.41, 5.74) is 0.538. The summed E-state index contributed by atoms with van der Waals surface area (Å²) in [6, 6.07) is 4.40. The largest absolute Gasteiger partial charge is 0.385 e. The van der Waals surface area contributed by atoms with Gasteiger partial charge in [0.15, 0.2) is 0 Å². The molecule has 1 atom stereocenters. The van der Waals surface area contributed by atoms with E-state index in [0.717, 1.165) is 6.42 Å². The molecule has 0 fully saturated rings. The average molecular weight is 281 g/mol. The molecule has 1 aromatic carbocycles. The Balaban J connectivity index is 2.96. The van der Waals surface area contributed by atoms with E-state index in [-0.39, 0.29) is 23.2 Å². The van der Waals surface area contributed by atoms with Crippen LogP contribution in [-0.2, 0) is 4.74 Å². The molecule has 1 rings (SSSR count). The molecule has 0 saturated heterocycles. The first kappa shape index (κ1) is 15.9. The molecule has 0 saturated carbocycles. The Labute approximate surface area is 117 Å². The summed E-state index contributed by atoms with van der Waals surface area (Å²) in [5, 5.41) is 16.6. The van der Waals surface area contributed by atoms with Crippen LogP contribution < -0.4 is 10.6 Å². The van der Waals surface area contributed by atoms with Crippen molar-refractivity contribution >= 4 is 17.3 Å². The van der Waals surface area contributed by atoms with Gasteiger partial charge in [-0.1, -0.05) is 0 Å². The number of nitro groups is 1. The Morgan fingerprint density at radius 3 is 2.75 bits per heavy atom. The predicted octanol–water partition coefficient (Wildman–Crippen LogP) is 1.79. The van der Waals surface area contributed by atoms with Crippen molar-refractivity contribution in [2.45, 2.75) is 19.4 Å². The Morgan fingerprint density at radius 2 is 2.20 bits per heavy atom. The molecule has 0 aliphatic heterocycles. The van der Waals surface area contributed by atoms with Crippen LogP contribution in [0.5, 0.6) is 0 Å². The van der Waals surface area contributed by atoms with Gasteiger partial charge in [-0.15, -0.1) is 0 Å². The van der Waals surface area contributed by atoms with Crippen molar-refractivity contribution in [2.24, 2.45) is 0 Å². The first-order chi connectivity index (χ1) is 9.49. The molecule has 1 aromatic rings. The van der Waals surface area contributed by atoms with Gasteiger partial charge in [0, 0.05) is 38.4 Å². The summed E-state index contributed by atoms with van der Waals surface area (Å²) >= 11 is 0. The number of nitrogens with one attached hydrogen (secondary N) is 2. The van der Waals surface area contributed by atoms with Gasteiger partial charge in [0.25, 0.3) is 11.6 Å². The van der Waals surface area contributed by atoms with E-state index in [1.54, 1.807) is 19.2 Å². The number of carbonyl (C=O) groups is 1. The number of ether oxygens (including phenoxy) is 1. The van der Waals surface area contributed by atoms with Crippen molar-refractivity contribution in [2.75, 3.05) is 26.1 Å². The predicted molar refractivity (Wildman–Crippen MR) is 76.1 cm³/mol. The quantitative estimate of drug-likeness (QED) is 0.587. The summed E-state index contributed by atoms with van der Waals surface area (Å²) in [4.78, 5) is 22.1. The lowest BCUT2D eigenvalue weighted by molar-refractivity contribution is -0.384. The zero-order valence-electron chi connectivity index (χ0n) is 11.8. The van der Waals surface area contributed by atoms with E-state index in [1.165, 1.54) is 13.1 Å². The lowest BCUT2D eigenvalue weighted by Crippen LogP contribution is -2.20. The molecule has 1 unspecified atom stereocenters. The second-order valence-electron chi connectivity index (χ2n) is 4.40. The van der Waals surface area contributed by atoms with Crippen molar-refractivity contribution in [3.8, 4) is 0 Å². The third kappa shape index (κ3) is 4.20. The molecule has 110 valence electrons. The number of benzene rings is 1. The van der Waals surface area contributed by atoms with E-state index >= 15 is 0 Å². The normalized spacial score (nSPS) is 11.8. The monoisotopic (exact) mass is 281 g/mol. The minimum atomic E-state index is -0.502. The van der Waals surface area contributed by atoms with Gasteiger partial charge in [-0.2, -0.15) is 0 Å². The Hall–Kier alpha value is -2.15. The SMILES string of the molecule is CNC(=O)c1ccc(NC(C)CCOC)c([N+](=O)[O-])c1. The number of hydrogen-bond acceptors (Lipinski definition) is 5. The number of hydrogen-bond donors (Lipinski definition) is 2. The zero-order chi connectivity index (χ0) is 15.1. The van der Waals surface area contributed by atoms with Gasteiger partial charge in [0.2, 0.25) is 0 Å². The van der Waals surface area contributed by atoms with E-state index in [2.05, 4.69) is 10.6 Å². The van der Waals surface area contributed by atoms with Crippen molar-refractivity contribution in [1.82, 2.24) is 5.32 Å². The lowest BCUT2D eigenvalue weighted by atomic mass is 10.1. The third-order valence-electron chi connectivity index (χ3n) is 2.84. The van der Waals surface area contributed by atoms with Crippen LogP contribution in [0.4, 0.5) is 11.4 Å². The van der Waals surface area contributed by atoms with E-state index in [4.69, 9.17) is 4.74 Å². The number of nitrogens with zero attached hydrogens (tertiary/aromatic N) is 1. The first-order valence-corrected chi connectivity index (χ1v) is 6.25. The maximum atomic E-state index is 11.5. The van der Waals surface area contributed by atoms with Crippen molar-refractivity contribution < 1.29 is 14.5 Å². The van der Waals surface area contributed by atoms with Crippen LogP contribution in [0.15, 0.2) is 18.2 Å². The number of rotatable bonds is 7. The molecule has 2 N–H and O–H groups in total. The van der Waals surface area contributed by atoms with Gasteiger partial charge in [0.1, 0.15) is 5.69 Å². The van der Waals surface area contributed by atoms with E-state index in [0.29, 0.717) is 12.3 Å². The van der Waals surface area contributed by atoms with Gasteiger partial charge in [-0.05, 0) is 25.5 Å². The highest BCUT2D eigenvalue weighted by Crippen LogP contribution is 2.26. The Kier molecular flexibility index (Phi) is 5.92. The maximum absolute atomic E-state index is 11.5. The summed E-state index contributed by atoms with van der Waals surface area (Å²) in [6.45, 7) is 2.48. The second kappa shape index (κ2) is 7.44. The number of amides is 1. The van der Waals surface area contributed by atoms with Crippen LogP contribution in [0.1, 0.15) is 23.7 Å². The average Bonchev–Trinajstić information content (AvgIpc) is 2.44. The fraction of sp³-hybridized carbons (Fsp3) is 0.462. The topological polar surface area (TPSA) is 93.5 Å². The van der Waals surface area contributed by atoms with E-state index in [9.17, 15) is 14.9 Å². The fourth-order valence-electron chi connectivity index (χ4n) is 1.72. The molecule has 7 heteroatoms. The Morgan fingerprint density at radius 1 is 1.50 bits per heavy atom. The van der Waals surface area contributed by atoms with E-state index in [1.807, 2.05) is 6.92 Å². The standard InChI is InChI=1S/C13H19N3O4/c1-9(6-7-20-3)15-11-5-4-10(13(17)14-2)8-12(11)16(18)19/h4-5,8-9,15H,6-7H2,1-3H3,(H,14,17). The van der Waals surface area contributed by atoms with Gasteiger partial charge in [-0.3, -0.25) is 14.9 Å². The summed E-state index contributed by atoms with van der Waals surface area (Å²) in [6.07, 6.45) is 0.727. The maximum Gasteiger partial charge on any atom is 0.293 e. The molecule has 7 nitrogen and oxygen atoms in total. The molecule has 0 radical (unpaired) electrons. The highest BCUT2D eigenvalue weighted by molar-refractivity contribution is 5.95. The molecular formula is C13H19N3O4. The first-order valence-electron chi connectivity index (χ1n) is 6.25. The molecule has 0 aromatic heterocycles. The molecule has 1 amide bonds. The van der Waals surface area contributed by atoms with Crippen LogP contribution in [-0.4, -0.2) is 37.6 Å². The molecule has 0 spiro atoms. The number of carbonyl (C=O) groups excluding carboxylic acids is 1. The number of anilines is 1. The van der Waals surface area contributed by atoms with Gasteiger partial charge >= 0.3 is 0 Å². The molecule has 20 heavy (non-hydrogen) atoms. The minimum Gasteiger partial charge on any atom is -0.385 e. The molecule has 0 bridgehead atoms. The minimum absolute atomic E-state index is 0.0273. The van der Waals surface area contributed by atoms with Crippen molar-refractivity contribution in [3.05, 3.63) is 33.9 Å². The molecular weight excluding hydrogens is 262 g/mol. The number of nitro benzene ring substituents is 1. The summed E-state index contributed by atoms with van der Waals surface area (Å²) in [7, 11) is 3.08. The lowest BCUT2D eigenvalue weighted by Gasteiger charge is -2.15. The van der Waals surface area contributed by atoms with Gasteiger partial charge in [0.05, 0.1) is 4.92 Å². The van der Waals surface area contributed by atoms with E-state index < -0.39 is 4.92 Å². The molecule has 0 aliphatic rings. The van der Waals surface area contributed by atoms with Gasteiger partial charge in [-0.25, -0.2) is 0 Å². The highest BCUT2D eigenvalue weighted by Gasteiger charge is 2.18. The zero-order valence-corrected chi connectivity index (χ0v) is 11.8. The van der Waals surface area contributed by atoms with Crippen LogP contribution in [0.3, 0.4) is 0 Å².